The molecule has 1 aromatic carbocycles. The Morgan fingerprint density at radius 1 is 1.32 bits per heavy atom. The summed E-state index contributed by atoms with van der Waals surface area (Å²) in [7, 11) is 0. The third kappa shape index (κ3) is 3.06. The Morgan fingerprint density at radius 3 is 2.95 bits per heavy atom. The van der Waals surface area contributed by atoms with Crippen LogP contribution in [-0.4, -0.2) is 5.75 Å². The van der Waals surface area contributed by atoms with Crippen LogP contribution in [0.25, 0.3) is 0 Å². The number of aryl methyl sites for hydroxylation is 1. The lowest BCUT2D eigenvalue weighted by Crippen LogP contribution is -1.96. The molecule has 4 heteroatoms. The second kappa shape index (κ2) is 5.98. The number of thiophene rings is 1. The van der Waals surface area contributed by atoms with E-state index in [-0.39, 0.29) is 10.6 Å². The summed E-state index contributed by atoms with van der Waals surface area (Å²) < 4.78 is 13.7. The van der Waals surface area contributed by atoms with E-state index in [1.54, 1.807) is 6.07 Å². The van der Waals surface area contributed by atoms with E-state index in [1.807, 2.05) is 35.2 Å². The van der Waals surface area contributed by atoms with Gasteiger partial charge >= 0.3 is 0 Å². The van der Waals surface area contributed by atoms with Crippen molar-refractivity contribution in [1.82, 2.24) is 0 Å². The summed E-state index contributed by atoms with van der Waals surface area (Å²) in [6.45, 7) is 0. The van der Waals surface area contributed by atoms with Crippen LogP contribution in [0, 0.1) is 5.82 Å². The SMILES string of the molecule is Fc1ccccc1CC(Br)c1cc2c(s1)CCSC2. The van der Waals surface area contributed by atoms with Crippen molar-refractivity contribution in [3.63, 3.8) is 0 Å². The number of alkyl halides is 1. The van der Waals surface area contributed by atoms with Gasteiger partial charge < -0.3 is 0 Å². The molecule has 0 aliphatic carbocycles. The molecule has 1 aliphatic rings. The molecular formula is C15H14BrFS2. The van der Waals surface area contributed by atoms with Crippen molar-refractivity contribution in [2.45, 2.75) is 23.4 Å². The molecule has 1 unspecified atom stereocenters. The van der Waals surface area contributed by atoms with Crippen LogP contribution in [0.5, 0.6) is 0 Å². The smallest absolute Gasteiger partial charge is 0.126 e. The zero-order chi connectivity index (χ0) is 13.2. The van der Waals surface area contributed by atoms with Crippen LogP contribution >= 0.6 is 39.0 Å². The van der Waals surface area contributed by atoms with Crippen LogP contribution in [0.15, 0.2) is 30.3 Å². The summed E-state index contributed by atoms with van der Waals surface area (Å²) in [5, 5.41) is 0. The standard InChI is InChI=1S/C15H14BrFS2/c16-12(7-10-3-1-2-4-13(10)17)15-8-11-9-18-6-5-14(11)19-15/h1-4,8,12H,5-7,9H2. The molecule has 0 spiro atoms. The quantitative estimate of drug-likeness (QED) is 0.667. The highest BCUT2D eigenvalue weighted by molar-refractivity contribution is 9.09. The van der Waals surface area contributed by atoms with Gasteiger partial charge in [-0.05, 0) is 41.9 Å². The predicted molar refractivity (Wildman–Crippen MR) is 86.0 cm³/mol. The van der Waals surface area contributed by atoms with E-state index in [0.29, 0.717) is 6.42 Å². The van der Waals surface area contributed by atoms with Gasteiger partial charge in [-0.25, -0.2) is 4.39 Å². The van der Waals surface area contributed by atoms with Gasteiger partial charge in [0, 0.05) is 15.5 Å². The zero-order valence-corrected chi connectivity index (χ0v) is 13.6. The minimum Gasteiger partial charge on any atom is -0.207 e. The van der Waals surface area contributed by atoms with Crippen LogP contribution in [0.1, 0.15) is 25.7 Å². The number of halogens is 2. The maximum atomic E-state index is 13.7. The number of benzene rings is 1. The highest BCUT2D eigenvalue weighted by atomic mass is 79.9. The van der Waals surface area contributed by atoms with Crippen LogP contribution in [0.2, 0.25) is 0 Å². The minimum absolute atomic E-state index is 0.108. The fourth-order valence-corrected chi connectivity index (χ4v) is 5.40. The second-order valence-corrected chi connectivity index (χ2v) is 8.04. The lowest BCUT2D eigenvalue weighted by molar-refractivity contribution is 0.608. The number of thioether (sulfide) groups is 1. The first-order valence-corrected chi connectivity index (χ1v) is 9.19. The van der Waals surface area contributed by atoms with Crippen molar-refractivity contribution in [1.29, 1.82) is 0 Å². The van der Waals surface area contributed by atoms with Crippen molar-refractivity contribution in [3.05, 3.63) is 57.0 Å². The zero-order valence-electron chi connectivity index (χ0n) is 10.4. The van der Waals surface area contributed by atoms with Gasteiger partial charge in [-0.3, -0.25) is 0 Å². The first kappa shape index (κ1) is 13.7. The Labute approximate surface area is 129 Å². The number of rotatable bonds is 3. The third-order valence-electron chi connectivity index (χ3n) is 3.31. The molecule has 2 heterocycles. The average Bonchev–Trinajstić information content (AvgIpc) is 2.85. The number of hydrogen-bond acceptors (Lipinski definition) is 2. The fraction of sp³-hybridized carbons (Fsp3) is 0.333. The monoisotopic (exact) mass is 356 g/mol. The highest BCUT2D eigenvalue weighted by Gasteiger charge is 2.18. The summed E-state index contributed by atoms with van der Waals surface area (Å²) in [5.41, 5.74) is 2.26. The first-order chi connectivity index (χ1) is 9.24. The van der Waals surface area contributed by atoms with Gasteiger partial charge in [-0.2, -0.15) is 11.8 Å². The van der Waals surface area contributed by atoms with Gasteiger partial charge in [0.2, 0.25) is 0 Å². The molecule has 0 nitrogen and oxygen atoms in total. The normalized spacial score (nSPS) is 16.1. The van der Waals surface area contributed by atoms with Gasteiger partial charge in [0.05, 0.1) is 4.83 Å². The van der Waals surface area contributed by atoms with Gasteiger partial charge in [0.1, 0.15) is 5.82 Å². The molecule has 2 aromatic rings. The summed E-state index contributed by atoms with van der Waals surface area (Å²) >= 11 is 7.61. The largest absolute Gasteiger partial charge is 0.207 e. The topological polar surface area (TPSA) is 0 Å². The lowest BCUT2D eigenvalue weighted by Gasteiger charge is -2.08. The van der Waals surface area contributed by atoms with Gasteiger partial charge in [0.25, 0.3) is 0 Å². The van der Waals surface area contributed by atoms with E-state index >= 15 is 0 Å². The minimum atomic E-state index is -0.108. The Hall–Kier alpha value is -0.320. The third-order valence-corrected chi connectivity index (χ3v) is 6.79. The van der Waals surface area contributed by atoms with Gasteiger partial charge in [-0.15, -0.1) is 11.3 Å². The van der Waals surface area contributed by atoms with E-state index in [4.69, 9.17) is 0 Å². The van der Waals surface area contributed by atoms with Crippen molar-refractivity contribution < 1.29 is 4.39 Å². The van der Waals surface area contributed by atoms with Crippen molar-refractivity contribution in [2.75, 3.05) is 5.75 Å². The van der Waals surface area contributed by atoms with Gasteiger partial charge in [-0.1, -0.05) is 34.1 Å². The molecule has 0 N–H and O–H groups in total. The number of fused-ring (bicyclic) bond motifs is 1. The van der Waals surface area contributed by atoms with Crippen LogP contribution in [0.4, 0.5) is 4.39 Å². The van der Waals surface area contributed by atoms with Crippen LogP contribution < -0.4 is 0 Å². The Balaban J connectivity index is 1.79. The van der Waals surface area contributed by atoms with E-state index in [1.165, 1.54) is 33.6 Å². The molecule has 1 atom stereocenters. The molecule has 1 aliphatic heterocycles. The Kier molecular flexibility index (Phi) is 4.30. The molecule has 0 fully saturated rings. The summed E-state index contributed by atoms with van der Waals surface area (Å²) in [6, 6.07) is 9.34. The molecule has 0 radical (unpaired) electrons. The van der Waals surface area contributed by atoms with E-state index in [0.717, 1.165) is 11.3 Å². The van der Waals surface area contributed by atoms with Crippen molar-refractivity contribution >= 4 is 39.0 Å². The molecule has 3 rings (SSSR count). The van der Waals surface area contributed by atoms with Crippen molar-refractivity contribution in [3.8, 4) is 0 Å². The molecular weight excluding hydrogens is 343 g/mol. The molecule has 0 saturated heterocycles. The molecule has 100 valence electrons. The fourth-order valence-electron chi connectivity index (χ4n) is 2.28. The van der Waals surface area contributed by atoms with E-state index in [9.17, 15) is 4.39 Å². The summed E-state index contributed by atoms with van der Waals surface area (Å²) in [6.07, 6.45) is 1.89. The Morgan fingerprint density at radius 2 is 2.16 bits per heavy atom. The molecule has 19 heavy (non-hydrogen) atoms. The first-order valence-electron chi connectivity index (χ1n) is 6.31. The average molecular weight is 357 g/mol. The Bertz CT molecular complexity index is 556. The second-order valence-electron chi connectivity index (χ2n) is 4.66. The lowest BCUT2D eigenvalue weighted by atomic mass is 10.1. The van der Waals surface area contributed by atoms with E-state index < -0.39 is 0 Å². The van der Waals surface area contributed by atoms with E-state index in [2.05, 4.69) is 22.0 Å². The van der Waals surface area contributed by atoms with Crippen LogP contribution in [-0.2, 0) is 18.6 Å². The molecule has 1 aromatic heterocycles. The summed E-state index contributed by atoms with van der Waals surface area (Å²) in [5.74, 6) is 2.25. The maximum absolute atomic E-state index is 13.7. The van der Waals surface area contributed by atoms with Crippen molar-refractivity contribution in [2.24, 2.45) is 0 Å². The van der Waals surface area contributed by atoms with Crippen LogP contribution in [0.3, 0.4) is 0 Å². The number of hydrogen-bond donors (Lipinski definition) is 0. The molecule has 0 amide bonds. The maximum Gasteiger partial charge on any atom is 0.126 e. The van der Waals surface area contributed by atoms with Gasteiger partial charge in [0.15, 0.2) is 0 Å². The molecule has 0 bridgehead atoms. The highest BCUT2D eigenvalue weighted by Crippen LogP contribution is 2.38. The summed E-state index contributed by atoms with van der Waals surface area (Å²) in [4.78, 5) is 3.06. The predicted octanol–water partition coefficient (Wildman–Crippen LogP) is 5.36. The molecule has 0 saturated carbocycles.